The molecule has 0 unspecified atom stereocenters. The molecule has 1 aliphatic heterocycles. The first-order valence-electron chi connectivity index (χ1n) is 9.62. The number of nitro groups is 1. The van der Waals surface area contributed by atoms with Gasteiger partial charge in [-0.05, 0) is 42.7 Å². The van der Waals surface area contributed by atoms with Crippen LogP contribution in [0.1, 0.15) is 39.1 Å². The Labute approximate surface area is 177 Å². The van der Waals surface area contributed by atoms with E-state index < -0.39 is 34.4 Å². The molecule has 0 aromatic heterocycles. The van der Waals surface area contributed by atoms with E-state index >= 15 is 0 Å². The number of ether oxygens (including phenoxy) is 1. The van der Waals surface area contributed by atoms with Gasteiger partial charge in [0.1, 0.15) is 0 Å². The Morgan fingerprint density at radius 3 is 2.26 bits per heavy atom. The van der Waals surface area contributed by atoms with Gasteiger partial charge in [-0.25, -0.2) is 4.79 Å². The van der Waals surface area contributed by atoms with Crippen molar-refractivity contribution in [3.8, 4) is 5.75 Å². The smallest absolute Gasteiger partial charge is 0.343 e. The van der Waals surface area contributed by atoms with E-state index in [1.165, 1.54) is 29.2 Å². The van der Waals surface area contributed by atoms with E-state index in [1.54, 1.807) is 12.1 Å². The van der Waals surface area contributed by atoms with Crippen LogP contribution in [0.4, 0.5) is 5.69 Å². The van der Waals surface area contributed by atoms with Gasteiger partial charge >= 0.3 is 17.6 Å². The fourth-order valence-electron chi connectivity index (χ4n) is 3.33. The normalized spacial score (nSPS) is 14.2. The second-order valence-electron chi connectivity index (χ2n) is 7.13. The van der Waals surface area contributed by atoms with Gasteiger partial charge < -0.3 is 20.5 Å². The molecule has 0 saturated carbocycles. The Hall–Kier alpha value is -3.79. The summed E-state index contributed by atoms with van der Waals surface area (Å²) in [7, 11) is 0. The van der Waals surface area contributed by atoms with E-state index in [4.69, 9.17) is 15.6 Å². The standard InChI is InChI=1S/C21H21N3O7/c22-12-13-1-3-15(4-2-13)21(28)31-18-6-5-16(11-17(18)24(29)30)19(25)23-9-7-14(8-10-23)20(26)27/h1-6,11,14H,7-10,12,22H2,(H,26,27). The lowest BCUT2D eigenvalue weighted by Gasteiger charge is -2.30. The molecule has 1 heterocycles. The van der Waals surface area contributed by atoms with E-state index in [0.29, 0.717) is 19.4 Å². The van der Waals surface area contributed by atoms with Crippen LogP contribution in [0, 0.1) is 16.0 Å². The second kappa shape index (κ2) is 9.35. The summed E-state index contributed by atoms with van der Waals surface area (Å²) < 4.78 is 5.19. The number of amides is 1. The third-order valence-corrected chi connectivity index (χ3v) is 5.16. The SMILES string of the molecule is NCc1ccc(C(=O)Oc2ccc(C(=O)N3CCC(C(=O)O)CC3)cc2[N+](=O)[O-])cc1. The Kier molecular flexibility index (Phi) is 6.61. The molecule has 10 nitrogen and oxygen atoms in total. The highest BCUT2D eigenvalue weighted by atomic mass is 16.6. The van der Waals surface area contributed by atoms with E-state index in [2.05, 4.69) is 0 Å². The van der Waals surface area contributed by atoms with Crippen molar-refractivity contribution in [2.24, 2.45) is 11.7 Å². The number of aliphatic carboxylic acids is 1. The van der Waals surface area contributed by atoms with Crippen molar-refractivity contribution >= 4 is 23.5 Å². The fraction of sp³-hybridized carbons (Fsp3) is 0.286. The molecule has 0 bridgehead atoms. The highest BCUT2D eigenvalue weighted by Crippen LogP contribution is 2.30. The van der Waals surface area contributed by atoms with E-state index in [-0.39, 0.29) is 30.0 Å². The number of esters is 1. The minimum absolute atomic E-state index is 0.0626. The van der Waals surface area contributed by atoms with Gasteiger partial charge in [0.2, 0.25) is 5.75 Å². The average Bonchev–Trinajstić information content (AvgIpc) is 2.78. The predicted molar refractivity (Wildman–Crippen MR) is 109 cm³/mol. The van der Waals surface area contributed by atoms with E-state index in [1.807, 2.05) is 0 Å². The molecule has 162 valence electrons. The lowest BCUT2D eigenvalue weighted by molar-refractivity contribution is -0.385. The van der Waals surface area contributed by atoms with Crippen LogP contribution < -0.4 is 10.5 Å². The molecule has 31 heavy (non-hydrogen) atoms. The number of carbonyl (C=O) groups is 3. The van der Waals surface area contributed by atoms with Gasteiger partial charge in [0, 0.05) is 31.3 Å². The molecule has 10 heteroatoms. The Bertz CT molecular complexity index is 1010. The molecule has 1 amide bonds. The van der Waals surface area contributed by atoms with E-state index in [0.717, 1.165) is 11.6 Å². The van der Waals surface area contributed by atoms with E-state index in [9.17, 15) is 24.5 Å². The summed E-state index contributed by atoms with van der Waals surface area (Å²) in [5, 5.41) is 20.6. The van der Waals surface area contributed by atoms with Crippen molar-refractivity contribution < 1.29 is 29.2 Å². The van der Waals surface area contributed by atoms with Crippen molar-refractivity contribution in [1.29, 1.82) is 0 Å². The van der Waals surface area contributed by atoms with Crippen LogP contribution in [0.2, 0.25) is 0 Å². The van der Waals surface area contributed by atoms with Gasteiger partial charge in [0.25, 0.3) is 5.91 Å². The highest BCUT2D eigenvalue weighted by Gasteiger charge is 2.29. The molecule has 3 rings (SSSR count). The summed E-state index contributed by atoms with van der Waals surface area (Å²) >= 11 is 0. The zero-order valence-corrected chi connectivity index (χ0v) is 16.5. The lowest BCUT2D eigenvalue weighted by Crippen LogP contribution is -2.40. The summed E-state index contributed by atoms with van der Waals surface area (Å²) in [4.78, 5) is 48.3. The van der Waals surface area contributed by atoms with Gasteiger partial charge in [-0.1, -0.05) is 12.1 Å². The molecule has 0 spiro atoms. The summed E-state index contributed by atoms with van der Waals surface area (Å²) in [6, 6.07) is 9.94. The highest BCUT2D eigenvalue weighted by molar-refractivity contribution is 5.96. The lowest BCUT2D eigenvalue weighted by atomic mass is 9.96. The number of benzene rings is 2. The van der Waals surface area contributed by atoms with Gasteiger partial charge in [0.15, 0.2) is 0 Å². The van der Waals surface area contributed by atoms with Crippen molar-refractivity contribution in [2.75, 3.05) is 13.1 Å². The number of hydrogen-bond donors (Lipinski definition) is 2. The first-order chi connectivity index (χ1) is 14.8. The number of carboxylic acid groups (broad SMARTS) is 1. The summed E-state index contributed by atoms with van der Waals surface area (Å²) in [6.07, 6.45) is 0.642. The first kappa shape index (κ1) is 21.9. The maximum Gasteiger partial charge on any atom is 0.343 e. The molecule has 2 aromatic carbocycles. The number of nitrogens with zero attached hydrogens (tertiary/aromatic N) is 2. The molecule has 1 aliphatic rings. The summed E-state index contributed by atoms with van der Waals surface area (Å²) in [6.45, 7) is 0.808. The Balaban J connectivity index is 1.76. The van der Waals surface area contributed by atoms with Crippen LogP contribution in [0.15, 0.2) is 42.5 Å². The Morgan fingerprint density at radius 2 is 1.71 bits per heavy atom. The third-order valence-electron chi connectivity index (χ3n) is 5.16. The van der Waals surface area contributed by atoms with Gasteiger partial charge in [-0.15, -0.1) is 0 Å². The van der Waals surface area contributed by atoms with Crippen LogP contribution in [-0.2, 0) is 11.3 Å². The molecule has 0 atom stereocenters. The van der Waals surface area contributed by atoms with Crippen LogP contribution in [0.3, 0.4) is 0 Å². The number of hydrogen-bond acceptors (Lipinski definition) is 7. The third kappa shape index (κ3) is 5.04. The van der Waals surface area contributed by atoms with Gasteiger partial charge in [-0.2, -0.15) is 0 Å². The topological polar surface area (TPSA) is 153 Å². The van der Waals surface area contributed by atoms with Crippen LogP contribution in [-0.4, -0.2) is 45.9 Å². The zero-order chi connectivity index (χ0) is 22.5. The Morgan fingerprint density at radius 1 is 1.10 bits per heavy atom. The molecule has 3 N–H and O–H groups in total. The molecule has 0 radical (unpaired) electrons. The molecule has 0 aliphatic carbocycles. The van der Waals surface area contributed by atoms with Crippen molar-refractivity contribution in [2.45, 2.75) is 19.4 Å². The van der Waals surface area contributed by atoms with Crippen molar-refractivity contribution in [3.05, 3.63) is 69.3 Å². The molecule has 2 aromatic rings. The second-order valence-corrected chi connectivity index (χ2v) is 7.13. The van der Waals surface area contributed by atoms with Crippen LogP contribution >= 0.6 is 0 Å². The maximum absolute atomic E-state index is 12.7. The fourth-order valence-corrected chi connectivity index (χ4v) is 3.33. The number of likely N-dealkylation sites (tertiary alicyclic amines) is 1. The minimum Gasteiger partial charge on any atom is -0.481 e. The summed E-state index contributed by atoms with van der Waals surface area (Å²) in [5.74, 6) is -2.90. The average molecular weight is 427 g/mol. The number of carbonyl (C=O) groups excluding carboxylic acids is 2. The summed E-state index contributed by atoms with van der Waals surface area (Å²) in [5.41, 5.74) is 6.08. The van der Waals surface area contributed by atoms with Gasteiger partial charge in [0.05, 0.1) is 16.4 Å². The molecule has 1 saturated heterocycles. The quantitative estimate of drug-likeness (QED) is 0.308. The molecular formula is C21H21N3O7. The number of piperidine rings is 1. The van der Waals surface area contributed by atoms with Crippen LogP contribution in [0.5, 0.6) is 5.75 Å². The maximum atomic E-state index is 12.7. The van der Waals surface area contributed by atoms with Crippen molar-refractivity contribution in [3.63, 3.8) is 0 Å². The largest absolute Gasteiger partial charge is 0.481 e. The van der Waals surface area contributed by atoms with Crippen molar-refractivity contribution in [1.82, 2.24) is 4.90 Å². The number of rotatable bonds is 6. The molecule has 1 fully saturated rings. The number of nitro benzene ring substituents is 1. The molecular weight excluding hydrogens is 406 g/mol. The van der Waals surface area contributed by atoms with Crippen LogP contribution in [0.25, 0.3) is 0 Å². The zero-order valence-electron chi connectivity index (χ0n) is 16.5. The first-order valence-corrected chi connectivity index (χ1v) is 9.62. The van der Waals surface area contributed by atoms with Gasteiger partial charge in [-0.3, -0.25) is 19.7 Å². The number of carboxylic acids is 1. The minimum atomic E-state index is -0.897. The predicted octanol–water partition coefficient (Wildman–Crippen LogP) is 2.21. The monoisotopic (exact) mass is 427 g/mol. The number of nitrogens with two attached hydrogens (primary N) is 1.